The molecule has 2 rings (SSSR count). The highest BCUT2D eigenvalue weighted by Crippen LogP contribution is 2.33. The normalized spacial score (nSPS) is 18.1. The minimum atomic E-state index is -4.28. The summed E-state index contributed by atoms with van der Waals surface area (Å²) in [5, 5.41) is 9.05. The summed E-state index contributed by atoms with van der Waals surface area (Å²) in [5.41, 5.74) is 1.30. The van der Waals surface area contributed by atoms with Gasteiger partial charge in [-0.05, 0) is 44.2 Å². The number of hydrogen-bond donors (Lipinski definition) is 1. The predicted octanol–water partition coefficient (Wildman–Crippen LogP) is 2.60. The maximum atomic E-state index is 12.9. The molecule has 8 heteroatoms. The van der Waals surface area contributed by atoms with Crippen molar-refractivity contribution in [3.05, 3.63) is 32.7 Å². The van der Waals surface area contributed by atoms with Crippen LogP contribution in [0.25, 0.3) is 0 Å². The van der Waals surface area contributed by atoms with Crippen molar-refractivity contribution < 1.29 is 18.0 Å². The lowest BCUT2D eigenvalue weighted by atomic mass is 9.96. The van der Waals surface area contributed by atoms with Crippen LogP contribution in [0.3, 0.4) is 0 Å². The molecule has 2 heterocycles. The van der Waals surface area contributed by atoms with Crippen LogP contribution in [-0.4, -0.2) is 35.1 Å². The Labute approximate surface area is 143 Å². The molecular weight excluding hydrogens is 335 g/mol. The number of piperidine rings is 1. The smallest absolute Gasteiger partial charge is 0.342 e. The van der Waals surface area contributed by atoms with E-state index < -0.39 is 17.7 Å². The summed E-state index contributed by atoms with van der Waals surface area (Å²) in [6.45, 7) is 3.35. The average Bonchev–Trinajstić information content (AvgIpc) is 2.53. The maximum absolute atomic E-state index is 12.9. The molecule has 1 aromatic rings. The Hall–Kier alpha value is -2.30. The van der Waals surface area contributed by atoms with E-state index in [1.54, 1.807) is 13.8 Å². The van der Waals surface area contributed by atoms with E-state index in [0.717, 1.165) is 0 Å². The molecule has 0 bridgehead atoms. The molecule has 25 heavy (non-hydrogen) atoms. The van der Waals surface area contributed by atoms with Gasteiger partial charge in [-0.2, -0.15) is 18.4 Å². The number of likely N-dealkylation sites (tertiary alicyclic amines) is 1. The molecule has 5 nitrogen and oxygen atoms in total. The summed E-state index contributed by atoms with van der Waals surface area (Å²) in [7, 11) is 0. The lowest BCUT2D eigenvalue weighted by Gasteiger charge is -2.33. The van der Waals surface area contributed by atoms with Crippen LogP contribution in [0.2, 0.25) is 0 Å². The third-order valence-electron chi connectivity index (χ3n) is 4.75. The summed E-state index contributed by atoms with van der Waals surface area (Å²) in [4.78, 5) is 27.9. The van der Waals surface area contributed by atoms with Crippen molar-refractivity contribution in [1.29, 1.82) is 5.26 Å². The third kappa shape index (κ3) is 4.21. The first kappa shape index (κ1) is 19.0. The Kier molecular flexibility index (Phi) is 5.55. The second-order valence-electron chi connectivity index (χ2n) is 6.39. The van der Waals surface area contributed by atoms with Gasteiger partial charge in [0.15, 0.2) is 0 Å². The molecule has 136 valence electrons. The van der Waals surface area contributed by atoms with Gasteiger partial charge in [-0.1, -0.05) is 0 Å². The number of aromatic amines is 1. The quantitative estimate of drug-likeness (QED) is 0.905. The molecule has 1 unspecified atom stereocenters. The summed E-state index contributed by atoms with van der Waals surface area (Å²) < 4.78 is 38.6. The van der Waals surface area contributed by atoms with Crippen LogP contribution >= 0.6 is 0 Å². The maximum Gasteiger partial charge on any atom is 0.393 e. The number of pyridine rings is 1. The van der Waals surface area contributed by atoms with E-state index >= 15 is 0 Å². The van der Waals surface area contributed by atoms with Crippen LogP contribution in [0.4, 0.5) is 13.2 Å². The first-order valence-corrected chi connectivity index (χ1v) is 8.12. The van der Waals surface area contributed by atoms with Crippen LogP contribution < -0.4 is 5.56 Å². The topological polar surface area (TPSA) is 77.0 Å². The van der Waals surface area contributed by atoms with Crippen LogP contribution in [0.15, 0.2) is 4.79 Å². The summed E-state index contributed by atoms with van der Waals surface area (Å²) in [5.74, 6) is -1.80. The molecule has 1 aliphatic heterocycles. The van der Waals surface area contributed by atoms with Crippen molar-refractivity contribution in [2.24, 2.45) is 5.92 Å². The summed E-state index contributed by atoms with van der Waals surface area (Å²) >= 11 is 0. The number of H-pyrrole nitrogens is 1. The number of alkyl halides is 3. The second kappa shape index (κ2) is 7.30. The van der Waals surface area contributed by atoms with Gasteiger partial charge in [-0.3, -0.25) is 9.59 Å². The van der Waals surface area contributed by atoms with E-state index in [0.29, 0.717) is 29.8 Å². The van der Waals surface area contributed by atoms with Gasteiger partial charge in [0.25, 0.3) is 5.56 Å². The van der Waals surface area contributed by atoms with Crippen LogP contribution in [0.5, 0.6) is 0 Å². The first-order valence-electron chi connectivity index (χ1n) is 8.12. The third-order valence-corrected chi connectivity index (χ3v) is 4.75. The number of nitrogens with one attached hydrogen (secondary N) is 1. The average molecular weight is 355 g/mol. The van der Waals surface area contributed by atoms with Gasteiger partial charge in [0.1, 0.15) is 11.6 Å². The molecule has 0 aromatic carbocycles. The molecule has 1 aromatic heterocycles. The number of amides is 1. The molecule has 0 spiro atoms. The number of aryl methyl sites for hydroxylation is 1. The highest BCUT2D eigenvalue weighted by molar-refractivity contribution is 5.76. The number of carbonyl (C=O) groups excluding carboxylic acids is 1. The number of aromatic nitrogens is 1. The SMILES string of the molecule is Cc1[nH]c(=O)c(C#N)c(C)c1CCC(=O)N1CCCC(C(F)(F)F)C1. The zero-order valence-electron chi connectivity index (χ0n) is 14.2. The molecule has 1 atom stereocenters. The van der Waals surface area contributed by atoms with Crippen molar-refractivity contribution in [3.8, 4) is 6.07 Å². The van der Waals surface area contributed by atoms with Crippen molar-refractivity contribution in [1.82, 2.24) is 9.88 Å². The highest BCUT2D eigenvalue weighted by atomic mass is 19.4. The van der Waals surface area contributed by atoms with E-state index in [1.807, 2.05) is 6.07 Å². The standard InChI is InChI=1S/C17H20F3N3O2/c1-10-13(11(2)22-16(25)14(10)8-21)5-6-15(24)23-7-3-4-12(9-23)17(18,19)20/h12H,3-7,9H2,1-2H3,(H,22,25). The van der Waals surface area contributed by atoms with Crippen molar-refractivity contribution in [2.45, 2.75) is 45.7 Å². The van der Waals surface area contributed by atoms with Crippen LogP contribution in [-0.2, 0) is 11.2 Å². The molecule has 0 aliphatic carbocycles. The largest absolute Gasteiger partial charge is 0.393 e. The van der Waals surface area contributed by atoms with E-state index in [1.165, 1.54) is 4.90 Å². The fourth-order valence-electron chi connectivity index (χ4n) is 3.28. The molecule has 1 saturated heterocycles. The minimum absolute atomic E-state index is 0.00292. The molecule has 1 N–H and O–H groups in total. The fraction of sp³-hybridized carbons (Fsp3) is 0.588. The molecule has 1 aliphatic rings. The Morgan fingerprint density at radius 3 is 2.68 bits per heavy atom. The predicted molar refractivity (Wildman–Crippen MR) is 84.9 cm³/mol. The number of nitrogens with zero attached hydrogens (tertiary/aromatic N) is 2. The van der Waals surface area contributed by atoms with Gasteiger partial charge >= 0.3 is 6.18 Å². The molecule has 0 radical (unpaired) electrons. The Bertz CT molecular complexity index is 762. The number of carbonyl (C=O) groups is 1. The fourth-order valence-corrected chi connectivity index (χ4v) is 3.28. The minimum Gasteiger partial charge on any atom is -0.342 e. The molecular formula is C17H20F3N3O2. The molecule has 1 fully saturated rings. The van der Waals surface area contributed by atoms with Crippen LogP contribution in [0.1, 0.15) is 41.6 Å². The number of halogens is 3. The monoisotopic (exact) mass is 355 g/mol. The van der Waals surface area contributed by atoms with Crippen molar-refractivity contribution >= 4 is 5.91 Å². The van der Waals surface area contributed by atoms with Gasteiger partial charge in [-0.25, -0.2) is 0 Å². The Morgan fingerprint density at radius 1 is 1.40 bits per heavy atom. The first-order chi connectivity index (χ1) is 11.6. The van der Waals surface area contributed by atoms with Gasteiger partial charge in [0.05, 0.1) is 5.92 Å². The Morgan fingerprint density at radius 2 is 2.08 bits per heavy atom. The molecule has 0 saturated carbocycles. The zero-order valence-corrected chi connectivity index (χ0v) is 14.2. The van der Waals surface area contributed by atoms with Gasteiger partial charge in [-0.15, -0.1) is 0 Å². The highest BCUT2D eigenvalue weighted by Gasteiger charge is 2.42. The van der Waals surface area contributed by atoms with E-state index in [9.17, 15) is 22.8 Å². The van der Waals surface area contributed by atoms with E-state index in [2.05, 4.69) is 4.98 Å². The summed E-state index contributed by atoms with van der Waals surface area (Å²) in [6.07, 6.45) is -3.58. The summed E-state index contributed by atoms with van der Waals surface area (Å²) in [6, 6.07) is 1.84. The lowest BCUT2D eigenvalue weighted by molar-refractivity contribution is -0.188. The van der Waals surface area contributed by atoms with Crippen molar-refractivity contribution in [3.63, 3.8) is 0 Å². The second-order valence-corrected chi connectivity index (χ2v) is 6.39. The lowest BCUT2D eigenvalue weighted by Crippen LogP contribution is -2.44. The van der Waals surface area contributed by atoms with Crippen LogP contribution in [0, 0.1) is 31.1 Å². The number of hydrogen-bond acceptors (Lipinski definition) is 3. The molecule has 1 amide bonds. The number of rotatable bonds is 3. The van der Waals surface area contributed by atoms with Gasteiger partial charge in [0.2, 0.25) is 5.91 Å². The number of nitriles is 1. The van der Waals surface area contributed by atoms with E-state index in [-0.39, 0.29) is 37.3 Å². The van der Waals surface area contributed by atoms with E-state index in [4.69, 9.17) is 5.26 Å². The Balaban J connectivity index is 2.08. The van der Waals surface area contributed by atoms with Gasteiger partial charge in [0, 0.05) is 25.2 Å². The van der Waals surface area contributed by atoms with Gasteiger partial charge < -0.3 is 9.88 Å². The zero-order chi connectivity index (χ0) is 18.8. The van der Waals surface area contributed by atoms with Crippen molar-refractivity contribution in [2.75, 3.05) is 13.1 Å².